The molecule has 0 atom stereocenters. The molecule has 1 amide bonds. The van der Waals surface area contributed by atoms with Crippen molar-refractivity contribution in [1.82, 2.24) is 0 Å². The van der Waals surface area contributed by atoms with Crippen molar-refractivity contribution in [2.45, 2.75) is 20.3 Å². The molecule has 0 saturated carbocycles. The first kappa shape index (κ1) is 11.1. The van der Waals surface area contributed by atoms with E-state index in [0.717, 1.165) is 17.9 Å². The molecule has 76 valence electrons. The second-order valence-corrected chi connectivity index (χ2v) is 4.19. The minimum absolute atomic E-state index is 0.0238. The van der Waals surface area contributed by atoms with E-state index >= 15 is 0 Å². The third-order valence-corrected chi connectivity index (χ3v) is 2.71. The zero-order valence-corrected chi connectivity index (χ0v) is 9.36. The first-order valence-electron chi connectivity index (χ1n) is 4.73. The van der Waals surface area contributed by atoms with Gasteiger partial charge in [-0.1, -0.05) is 36.4 Å². The summed E-state index contributed by atoms with van der Waals surface area (Å²) in [6.07, 6.45) is 1.02. The van der Waals surface area contributed by atoms with E-state index < -0.39 is 0 Å². The van der Waals surface area contributed by atoms with Gasteiger partial charge in [-0.2, -0.15) is 0 Å². The number of carbonyl (C=O) groups is 1. The third kappa shape index (κ3) is 3.83. The molecule has 0 radical (unpaired) electrons. The maximum Gasteiger partial charge on any atom is 0.283 e. The minimum atomic E-state index is 0.0238. The molecule has 0 saturated heterocycles. The van der Waals surface area contributed by atoms with Crippen molar-refractivity contribution in [3.63, 3.8) is 0 Å². The molecule has 2 nitrogen and oxygen atoms in total. The van der Waals surface area contributed by atoms with Crippen LogP contribution >= 0.6 is 11.8 Å². The van der Waals surface area contributed by atoms with Gasteiger partial charge in [0.25, 0.3) is 5.24 Å². The number of amides is 1. The van der Waals surface area contributed by atoms with Gasteiger partial charge in [-0.05, 0) is 25.5 Å². The van der Waals surface area contributed by atoms with Gasteiger partial charge in [0.2, 0.25) is 0 Å². The van der Waals surface area contributed by atoms with Crippen molar-refractivity contribution in [2.75, 3.05) is 11.1 Å². The summed E-state index contributed by atoms with van der Waals surface area (Å²) in [5.74, 6) is 0.873. The Bertz CT molecular complexity index is 295. The van der Waals surface area contributed by atoms with Crippen molar-refractivity contribution in [1.29, 1.82) is 0 Å². The topological polar surface area (TPSA) is 29.1 Å². The van der Waals surface area contributed by atoms with Crippen LogP contribution in [0.15, 0.2) is 24.3 Å². The van der Waals surface area contributed by atoms with Gasteiger partial charge in [0.1, 0.15) is 0 Å². The number of anilines is 1. The lowest BCUT2D eigenvalue weighted by Crippen LogP contribution is -2.05. The van der Waals surface area contributed by atoms with Crippen LogP contribution in [0.2, 0.25) is 0 Å². The molecule has 0 bridgehead atoms. The summed E-state index contributed by atoms with van der Waals surface area (Å²) in [5, 5.41) is 2.85. The highest BCUT2D eigenvalue weighted by Gasteiger charge is 2.00. The van der Waals surface area contributed by atoms with Crippen molar-refractivity contribution in [2.24, 2.45) is 0 Å². The molecule has 0 unspecified atom stereocenters. The van der Waals surface area contributed by atoms with Gasteiger partial charge in [-0.3, -0.25) is 4.79 Å². The van der Waals surface area contributed by atoms with Gasteiger partial charge in [-0.15, -0.1) is 0 Å². The first-order chi connectivity index (χ1) is 6.72. The predicted molar refractivity (Wildman–Crippen MR) is 62.9 cm³/mol. The monoisotopic (exact) mass is 209 g/mol. The standard InChI is InChI=1S/C11H15NOS/c1-3-8-14-11(13)12-10-6-4-9(2)5-7-10/h4-7H,3,8H2,1-2H3,(H,12,13). The molecule has 0 aliphatic heterocycles. The summed E-state index contributed by atoms with van der Waals surface area (Å²) in [6, 6.07) is 7.81. The summed E-state index contributed by atoms with van der Waals surface area (Å²) in [7, 11) is 0. The molecule has 0 aromatic heterocycles. The van der Waals surface area contributed by atoms with E-state index in [9.17, 15) is 4.79 Å². The number of thioether (sulfide) groups is 1. The van der Waals surface area contributed by atoms with Crippen molar-refractivity contribution >= 4 is 22.7 Å². The van der Waals surface area contributed by atoms with E-state index in [2.05, 4.69) is 12.2 Å². The molecular formula is C11H15NOS. The van der Waals surface area contributed by atoms with Crippen LogP contribution in [-0.4, -0.2) is 11.0 Å². The predicted octanol–water partition coefficient (Wildman–Crippen LogP) is 3.67. The molecule has 0 heterocycles. The lowest BCUT2D eigenvalue weighted by atomic mass is 10.2. The van der Waals surface area contributed by atoms with Gasteiger partial charge in [0, 0.05) is 11.4 Å². The summed E-state index contributed by atoms with van der Waals surface area (Å²) in [6.45, 7) is 4.09. The lowest BCUT2D eigenvalue weighted by molar-refractivity contribution is 0.270. The summed E-state index contributed by atoms with van der Waals surface area (Å²) in [4.78, 5) is 11.3. The van der Waals surface area contributed by atoms with Gasteiger partial charge in [0.15, 0.2) is 0 Å². The minimum Gasteiger partial charge on any atom is -0.317 e. The highest BCUT2D eigenvalue weighted by Crippen LogP contribution is 2.12. The Morgan fingerprint density at radius 3 is 2.57 bits per heavy atom. The van der Waals surface area contributed by atoms with Gasteiger partial charge >= 0.3 is 0 Å². The average Bonchev–Trinajstić information content (AvgIpc) is 2.18. The average molecular weight is 209 g/mol. The van der Waals surface area contributed by atoms with E-state index in [1.54, 1.807) is 0 Å². The Kier molecular flexibility index (Phi) is 4.53. The van der Waals surface area contributed by atoms with Crippen molar-refractivity contribution < 1.29 is 4.79 Å². The molecule has 3 heteroatoms. The third-order valence-electron chi connectivity index (χ3n) is 1.74. The number of nitrogens with one attached hydrogen (secondary N) is 1. The molecule has 14 heavy (non-hydrogen) atoms. The lowest BCUT2D eigenvalue weighted by Gasteiger charge is -2.03. The summed E-state index contributed by atoms with van der Waals surface area (Å²) in [5.41, 5.74) is 2.06. The fourth-order valence-corrected chi connectivity index (χ4v) is 1.57. The first-order valence-corrected chi connectivity index (χ1v) is 5.71. The second-order valence-electron chi connectivity index (χ2n) is 3.13. The smallest absolute Gasteiger partial charge is 0.283 e. The maximum atomic E-state index is 11.3. The Labute approximate surface area is 89.1 Å². The fraction of sp³-hybridized carbons (Fsp3) is 0.364. The van der Waals surface area contributed by atoms with Crippen LogP contribution in [0, 0.1) is 6.92 Å². The van der Waals surface area contributed by atoms with E-state index in [-0.39, 0.29) is 5.24 Å². The van der Waals surface area contributed by atoms with Crippen molar-refractivity contribution in [3.8, 4) is 0 Å². The Morgan fingerprint density at radius 2 is 2.00 bits per heavy atom. The van der Waals surface area contributed by atoms with Gasteiger partial charge < -0.3 is 5.32 Å². The van der Waals surface area contributed by atoms with Crippen LogP contribution < -0.4 is 5.32 Å². The number of hydrogen-bond donors (Lipinski definition) is 1. The highest BCUT2D eigenvalue weighted by molar-refractivity contribution is 8.13. The molecule has 1 aromatic carbocycles. The summed E-state index contributed by atoms with van der Waals surface area (Å²) >= 11 is 1.33. The molecule has 1 rings (SSSR count). The normalized spacial score (nSPS) is 9.86. The largest absolute Gasteiger partial charge is 0.317 e. The number of benzene rings is 1. The molecule has 1 N–H and O–H groups in total. The highest BCUT2D eigenvalue weighted by atomic mass is 32.2. The number of carbonyl (C=O) groups excluding carboxylic acids is 1. The number of rotatable bonds is 3. The maximum absolute atomic E-state index is 11.3. The Balaban J connectivity index is 2.44. The quantitative estimate of drug-likeness (QED) is 0.823. The molecular weight excluding hydrogens is 194 g/mol. The van der Waals surface area contributed by atoms with E-state index in [0.29, 0.717) is 0 Å². The van der Waals surface area contributed by atoms with Crippen molar-refractivity contribution in [3.05, 3.63) is 29.8 Å². The van der Waals surface area contributed by atoms with E-state index in [1.165, 1.54) is 17.3 Å². The molecule has 0 spiro atoms. The number of aryl methyl sites for hydroxylation is 1. The SMILES string of the molecule is CCCSC(=O)Nc1ccc(C)cc1. The van der Waals surface area contributed by atoms with Crippen LogP contribution in [0.1, 0.15) is 18.9 Å². The van der Waals surface area contributed by atoms with Crippen LogP contribution in [0.4, 0.5) is 10.5 Å². The molecule has 0 aliphatic rings. The molecule has 0 fully saturated rings. The van der Waals surface area contributed by atoms with Crippen LogP contribution in [0.3, 0.4) is 0 Å². The number of hydrogen-bond acceptors (Lipinski definition) is 2. The molecule has 0 aliphatic carbocycles. The van der Waals surface area contributed by atoms with Crippen LogP contribution in [0.25, 0.3) is 0 Å². The Morgan fingerprint density at radius 1 is 1.36 bits per heavy atom. The van der Waals surface area contributed by atoms with Gasteiger partial charge in [0.05, 0.1) is 0 Å². The second kappa shape index (κ2) is 5.70. The summed E-state index contributed by atoms with van der Waals surface area (Å²) < 4.78 is 0. The van der Waals surface area contributed by atoms with Gasteiger partial charge in [-0.25, -0.2) is 0 Å². The van der Waals surface area contributed by atoms with Crippen LogP contribution in [0.5, 0.6) is 0 Å². The zero-order chi connectivity index (χ0) is 10.4. The van der Waals surface area contributed by atoms with E-state index in [1.807, 2.05) is 31.2 Å². The van der Waals surface area contributed by atoms with Crippen LogP contribution in [-0.2, 0) is 0 Å². The molecule has 1 aromatic rings. The Hall–Kier alpha value is -0.960. The zero-order valence-electron chi connectivity index (χ0n) is 8.54. The van der Waals surface area contributed by atoms with E-state index in [4.69, 9.17) is 0 Å². The fourth-order valence-electron chi connectivity index (χ4n) is 0.986.